The molecule has 8 heteroatoms. The highest BCUT2D eigenvalue weighted by molar-refractivity contribution is 5.91. The minimum atomic E-state index is -4.73. The van der Waals surface area contributed by atoms with Crippen molar-refractivity contribution in [2.24, 2.45) is 0 Å². The van der Waals surface area contributed by atoms with E-state index in [0.717, 1.165) is 5.56 Å². The number of hydrogen-bond donors (Lipinski definition) is 1. The number of benzene rings is 2. The maximum atomic E-state index is 12.1. The molecule has 0 aliphatic carbocycles. The topological polar surface area (TPSA) is 56.8 Å². The maximum Gasteiger partial charge on any atom is 0.573 e. The Balaban J connectivity index is 1.51. The highest BCUT2D eigenvalue weighted by atomic mass is 19.4. The first kappa shape index (κ1) is 17.7. The number of carbonyl (C=O) groups excluding carboxylic acids is 1. The van der Waals surface area contributed by atoms with Crippen molar-refractivity contribution in [3.05, 3.63) is 59.7 Å². The smallest absolute Gasteiger partial charge is 0.454 e. The first-order valence-corrected chi connectivity index (χ1v) is 7.59. The Morgan fingerprint density at radius 3 is 2.58 bits per heavy atom. The van der Waals surface area contributed by atoms with Crippen LogP contribution in [-0.4, -0.2) is 19.1 Å². The van der Waals surface area contributed by atoms with E-state index in [1.54, 1.807) is 24.3 Å². The molecule has 0 radical (unpaired) electrons. The standard InChI is InChI=1S/C18H14F3NO4/c19-18(20,21)26-14-5-1-13(2-6-14)10-22-17(23)8-4-12-3-7-15-16(9-12)25-11-24-15/h1-9H,10-11H2,(H,22,23). The molecule has 1 heterocycles. The van der Waals surface area contributed by atoms with E-state index < -0.39 is 6.36 Å². The highest BCUT2D eigenvalue weighted by Gasteiger charge is 2.30. The molecular weight excluding hydrogens is 351 g/mol. The lowest BCUT2D eigenvalue weighted by molar-refractivity contribution is -0.274. The second-order valence-corrected chi connectivity index (χ2v) is 5.36. The third-order valence-electron chi connectivity index (χ3n) is 3.45. The summed E-state index contributed by atoms with van der Waals surface area (Å²) in [5.41, 5.74) is 1.42. The second-order valence-electron chi connectivity index (χ2n) is 5.36. The van der Waals surface area contributed by atoms with E-state index >= 15 is 0 Å². The Labute approximate surface area is 147 Å². The lowest BCUT2D eigenvalue weighted by Gasteiger charge is -2.09. The van der Waals surface area contributed by atoms with Gasteiger partial charge in [-0.15, -0.1) is 13.2 Å². The molecule has 3 rings (SSSR count). The minimum absolute atomic E-state index is 0.176. The van der Waals surface area contributed by atoms with Crippen LogP contribution in [0.25, 0.3) is 6.08 Å². The van der Waals surface area contributed by atoms with Crippen LogP contribution in [0.3, 0.4) is 0 Å². The number of amides is 1. The molecule has 1 aliphatic rings. The van der Waals surface area contributed by atoms with Gasteiger partial charge in [0.15, 0.2) is 11.5 Å². The van der Waals surface area contributed by atoms with Crippen LogP contribution in [0.5, 0.6) is 17.2 Å². The predicted octanol–water partition coefficient (Wildman–Crippen LogP) is 3.64. The molecule has 0 fully saturated rings. The monoisotopic (exact) mass is 365 g/mol. The van der Waals surface area contributed by atoms with Crippen LogP contribution in [-0.2, 0) is 11.3 Å². The summed E-state index contributed by atoms with van der Waals surface area (Å²) in [6, 6.07) is 10.6. The van der Waals surface area contributed by atoms with Crippen LogP contribution in [0.1, 0.15) is 11.1 Å². The van der Waals surface area contributed by atoms with Crippen LogP contribution in [0, 0.1) is 0 Å². The summed E-state index contributed by atoms with van der Waals surface area (Å²) in [5.74, 6) is 0.631. The second kappa shape index (κ2) is 7.38. The van der Waals surface area contributed by atoms with Gasteiger partial charge >= 0.3 is 6.36 Å². The molecule has 0 unspecified atom stereocenters. The lowest BCUT2D eigenvalue weighted by atomic mass is 10.2. The molecule has 1 N–H and O–H groups in total. The van der Waals surface area contributed by atoms with E-state index in [4.69, 9.17) is 9.47 Å². The predicted molar refractivity (Wildman–Crippen MR) is 86.6 cm³/mol. The van der Waals surface area contributed by atoms with Crippen molar-refractivity contribution >= 4 is 12.0 Å². The van der Waals surface area contributed by atoms with E-state index in [1.165, 1.54) is 30.3 Å². The number of fused-ring (bicyclic) bond motifs is 1. The van der Waals surface area contributed by atoms with E-state index in [-0.39, 0.29) is 25.0 Å². The zero-order valence-corrected chi connectivity index (χ0v) is 13.4. The minimum Gasteiger partial charge on any atom is -0.454 e. The van der Waals surface area contributed by atoms with Crippen LogP contribution in [0.4, 0.5) is 13.2 Å². The Morgan fingerprint density at radius 2 is 1.85 bits per heavy atom. The van der Waals surface area contributed by atoms with Crippen molar-refractivity contribution < 1.29 is 32.2 Å². The maximum absolute atomic E-state index is 12.1. The average Bonchev–Trinajstić information content (AvgIpc) is 3.05. The molecule has 5 nitrogen and oxygen atoms in total. The number of ether oxygens (including phenoxy) is 3. The van der Waals surface area contributed by atoms with Gasteiger partial charge in [0, 0.05) is 12.6 Å². The fourth-order valence-electron chi connectivity index (χ4n) is 2.25. The zero-order chi connectivity index (χ0) is 18.6. The van der Waals surface area contributed by atoms with Gasteiger partial charge in [-0.1, -0.05) is 18.2 Å². The largest absolute Gasteiger partial charge is 0.573 e. The van der Waals surface area contributed by atoms with E-state index in [0.29, 0.717) is 17.1 Å². The fraction of sp³-hybridized carbons (Fsp3) is 0.167. The Bertz CT molecular complexity index is 816. The van der Waals surface area contributed by atoms with Crippen molar-refractivity contribution in [2.45, 2.75) is 12.9 Å². The van der Waals surface area contributed by atoms with Gasteiger partial charge in [-0.25, -0.2) is 0 Å². The molecule has 0 bridgehead atoms. The summed E-state index contributed by atoms with van der Waals surface area (Å²) >= 11 is 0. The number of rotatable bonds is 5. The van der Waals surface area contributed by atoms with Crippen molar-refractivity contribution in [2.75, 3.05) is 6.79 Å². The molecule has 1 amide bonds. The fourth-order valence-corrected chi connectivity index (χ4v) is 2.25. The number of hydrogen-bond acceptors (Lipinski definition) is 4. The highest BCUT2D eigenvalue weighted by Crippen LogP contribution is 2.32. The molecule has 0 saturated heterocycles. The van der Waals surface area contributed by atoms with Crippen LogP contribution in [0.15, 0.2) is 48.5 Å². The first-order valence-electron chi connectivity index (χ1n) is 7.59. The summed E-state index contributed by atoms with van der Waals surface area (Å²) in [6.07, 6.45) is -1.74. The molecule has 0 spiro atoms. The van der Waals surface area contributed by atoms with Gasteiger partial charge in [-0.3, -0.25) is 4.79 Å². The van der Waals surface area contributed by atoms with Gasteiger partial charge < -0.3 is 19.5 Å². The molecule has 0 aromatic heterocycles. The summed E-state index contributed by atoms with van der Waals surface area (Å²) < 4.78 is 50.5. The van der Waals surface area contributed by atoms with Gasteiger partial charge in [0.25, 0.3) is 0 Å². The van der Waals surface area contributed by atoms with Gasteiger partial charge in [0.1, 0.15) is 5.75 Å². The number of alkyl halides is 3. The molecular formula is C18H14F3NO4. The van der Waals surface area contributed by atoms with Crippen molar-refractivity contribution in [1.82, 2.24) is 5.32 Å². The van der Waals surface area contributed by atoms with Crippen LogP contribution < -0.4 is 19.5 Å². The Morgan fingerprint density at radius 1 is 1.12 bits per heavy atom. The van der Waals surface area contributed by atoms with Gasteiger partial charge in [-0.2, -0.15) is 0 Å². The summed E-state index contributed by atoms with van der Waals surface area (Å²) in [5, 5.41) is 2.64. The zero-order valence-electron chi connectivity index (χ0n) is 13.4. The van der Waals surface area contributed by atoms with Gasteiger partial charge in [0.05, 0.1) is 0 Å². The van der Waals surface area contributed by atoms with Crippen LogP contribution >= 0.6 is 0 Å². The molecule has 2 aromatic carbocycles. The molecule has 1 aliphatic heterocycles. The molecule has 0 atom stereocenters. The molecule has 136 valence electrons. The molecule has 2 aromatic rings. The van der Waals surface area contributed by atoms with Crippen molar-refractivity contribution in [3.8, 4) is 17.2 Å². The van der Waals surface area contributed by atoms with E-state index in [1.807, 2.05) is 0 Å². The number of nitrogens with one attached hydrogen (secondary N) is 1. The first-order chi connectivity index (χ1) is 12.4. The van der Waals surface area contributed by atoms with E-state index in [9.17, 15) is 18.0 Å². The van der Waals surface area contributed by atoms with Gasteiger partial charge in [-0.05, 0) is 41.5 Å². The lowest BCUT2D eigenvalue weighted by Crippen LogP contribution is -2.20. The SMILES string of the molecule is O=C(C=Cc1ccc2c(c1)OCO2)NCc1ccc(OC(F)(F)F)cc1. The quantitative estimate of drug-likeness (QED) is 0.822. The Hall–Kier alpha value is -3.16. The van der Waals surface area contributed by atoms with Crippen molar-refractivity contribution in [1.29, 1.82) is 0 Å². The third kappa shape index (κ3) is 4.92. The average molecular weight is 365 g/mol. The number of carbonyl (C=O) groups is 1. The summed E-state index contributed by atoms with van der Waals surface area (Å²) in [7, 11) is 0. The van der Waals surface area contributed by atoms with Crippen LogP contribution in [0.2, 0.25) is 0 Å². The Kier molecular flexibility index (Phi) is 5.01. The van der Waals surface area contributed by atoms with E-state index in [2.05, 4.69) is 10.1 Å². The number of halogens is 3. The van der Waals surface area contributed by atoms with Gasteiger partial charge in [0.2, 0.25) is 12.7 Å². The van der Waals surface area contributed by atoms with Crippen molar-refractivity contribution in [3.63, 3.8) is 0 Å². The third-order valence-corrected chi connectivity index (χ3v) is 3.45. The molecule has 0 saturated carbocycles. The normalized spacial score (nSPS) is 13.0. The molecule has 26 heavy (non-hydrogen) atoms. The summed E-state index contributed by atoms with van der Waals surface area (Å²) in [4.78, 5) is 11.9. The summed E-state index contributed by atoms with van der Waals surface area (Å²) in [6.45, 7) is 0.354.